The van der Waals surface area contributed by atoms with Crippen molar-refractivity contribution in [2.75, 3.05) is 0 Å². The van der Waals surface area contributed by atoms with E-state index in [4.69, 9.17) is 15.1 Å². The molecule has 0 bridgehead atoms. The summed E-state index contributed by atoms with van der Waals surface area (Å²) in [5, 5.41) is 6.36. The quantitative estimate of drug-likeness (QED) is 0.517. The van der Waals surface area contributed by atoms with E-state index in [9.17, 15) is 4.39 Å². The summed E-state index contributed by atoms with van der Waals surface area (Å²) in [5.41, 5.74) is 5.73. The molecule has 30 heavy (non-hydrogen) atoms. The van der Waals surface area contributed by atoms with Gasteiger partial charge >= 0.3 is 0 Å². The second-order valence-corrected chi connectivity index (χ2v) is 8.75. The maximum atomic E-state index is 14.7. The maximum Gasteiger partial charge on any atom is 0.177 e. The Hall–Kier alpha value is -3.09. The molecular weight excluding hydrogens is 379 g/mol. The highest BCUT2D eigenvalue weighted by Crippen LogP contribution is 2.54. The standard InChI is InChI=1S/C23H23FN6/c1-11-5-6-16-15(19(11)24)7-8-29-14(4)20(26-23(16)29)17-9-18(17)21-27-22-13(3)25-10-12(2)30(22)28-21/h6-8,10-11,17-18H,5,9H2,1-4H3. The van der Waals surface area contributed by atoms with Crippen LogP contribution in [0.5, 0.6) is 0 Å². The average Bonchev–Trinajstić information content (AvgIpc) is 3.26. The van der Waals surface area contributed by atoms with Crippen molar-refractivity contribution in [3.8, 4) is 0 Å². The summed E-state index contributed by atoms with van der Waals surface area (Å²) in [6.45, 7) is 7.97. The molecule has 4 aromatic heterocycles. The van der Waals surface area contributed by atoms with Gasteiger partial charge < -0.3 is 4.40 Å². The van der Waals surface area contributed by atoms with E-state index in [0.29, 0.717) is 17.6 Å². The Balaban J connectivity index is 1.45. The first kappa shape index (κ1) is 17.7. The second-order valence-electron chi connectivity index (χ2n) is 8.75. The van der Waals surface area contributed by atoms with E-state index in [0.717, 1.165) is 51.5 Å². The van der Waals surface area contributed by atoms with Crippen LogP contribution in [0.3, 0.4) is 0 Å². The van der Waals surface area contributed by atoms with Gasteiger partial charge in [-0.3, -0.25) is 4.98 Å². The Bertz CT molecular complexity index is 1440. The minimum atomic E-state index is -0.0641. The lowest BCUT2D eigenvalue weighted by molar-refractivity contribution is 0.598. The Morgan fingerprint density at radius 3 is 2.73 bits per heavy atom. The third-order valence-corrected chi connectivity index (χ3v) is 6.67. The van der Waals surface area contributed by atoms with Gasteiger partial charge in [0.25, 0.3) is 0 Å². The topological polar surface area (TPSA) is 60.4 Å². The molecule has 0 amide bonds. The number of hydrogen-bond donors (Lipinski definition) is 0. The fourth-order valence-electron chi connectivity index (χ4n) is 4.74. The second kappa shape index (κ2) is 5.97. The van der Waals surface area contributed by atoms with Crippen molar-refractivity contribution >= 4 is 23.2 Å². The van der Waals surface area contributed by atoms with Crippen molar-refractivity contribution in [2.24, 2.45) is 5.92 Å². The molecule has 7 heteroatoms. The van der Waals surface area contributed by atoms with Crippen molar-refractivity contribution in [1.82, 2.24) is 29.0 Å². The van der Waals surface area contributed by atoms with Gasteiger partial charge in [0.2, 0.25) is 0 Å². The molecule has 0 spiro atoms. The zero-order valence-electron chi connectivity index (χ0n) is 17.5. The molecule has 4 aromatic rings. The summed E-state index contributed by atoms with van der Waals surface area (Å²) >= 11 is 0. The molecule has 0 aliphatic heterocycles. The Labute approximate surface area is 172 Å². The van der Waals surface area contributed by atoms with Crippen LogP contribution in [0.2, 0.25) is 0 Å². The predicted octanol–water partition coefficient (Wildman–Crippen LogP) is 2.87. The molecule has 0 N–H and O–H groups in total. The molecule has 1 fully saturated rings. The first-order valence-electron chi connectivity index (χ1n) is 10.5. The molecule has 6 nitrogen and oxygen atoms in total. The zero-order valence-corrected chi connectivity index (χ0v) is 17.5. The predicted molar refractivity (Wildman–Crippen MR) is 112 cm³/mol. The molecule has 0 aromatic carbocycles. The highest BCUT2D eigenvalue weighted by atomic mass is 19.1. The van der Waals surface area contributed by atoms with Gasteiger partial charge in [0, 0.05) is 46.3 Å². The number of fused-ring (bicyclic) bond motifs is 4. The number of nitrogens with zero attached hydrogens (tertiary/aromatic N) is 6. The number of aromatic nitrogens is 6. The van der Waals surface area contributed by atoms with Crippen LogP contribution in [0, 0.1) is 26.7 Å². The van der Waals surface area contributed by atoms with Crippen LogP contribution < -0.4 is 10.4 Å². The number of hydrogen-bond acceptors (Lipinski definition) is 4. The number of aryl methyl sites for hydroxylation is 3. The molecule has 0 radical (unpaired) electrons. The summed E-state index contributed by atoms with van der Waals surface area (Å²) in [4.78, 5) is 14.2. The van der Waals surface area contributed by atoms with E-state index in [1.807, 2.05) is 43.7 Å². The van der Waals surface area contributed by atoms with Crippen molar-refractivity contribution in [2.45, 2.75) is 52.4 Å². The van der Waals surface area contributed by atoms with Gasteiger partial charge in [0.15, 0.2) is 11.5 Å². The highest BCUT2D eigenvalue weighted by molar-refractivity contribution is 5.57. The zero-order chi connectivity index (χ0) is 20.7. The normalized spacial score (nSPS) is 23.1. The maximum absolute atomic E-state index is 14.7. The number of imidazole rings is 1. The van der Waals surface area contributed by atoms with Crippen LogP contribution in [-0.4, -0.2) is 29.0 Å². The Morgan fingerprint density at radius 2 is 1.93 bits per heavy atom. The fraction of sp³-hybridized carbons (Fsp3) is 0.391. The number of halogens is 1. The molecule has 3 atom stereocenters. The largest absolute Gasteiger partial charge is 0.304 e. The van der Waals surface area contributed by atoms with Gasteiger partial charge in [-0.1, -0.05) is 13.0 Å². The van der Waals surface area contributed by atoms with E-state index in [1.165, 1.54) is 0 Å². The molecular formula is C23H23FN6. The lowest BCUT2D eigenvalue weighted by Gasteiger charge is -2.11. The van der Waals surface area contributed by atoms with Crippen molar-refractivity contribution in [1.29, 1.82) is 0 Å². The van der Waals surface area contributed by atoms with E-state index < -0.39 is 0 Å². The highest BCUT2D eigenvalue weighted by Gasteiger charge is 2.45. The van der Waals surface area contributed by atoms with E-state index in [-0.39, 0.29) is 17.7 Å². The minimum absolute atomic E-state index is 0.0326. The summed E-state index contributed by atoms with van der Waals surface area (Å²) in [6, 6.07) is 1.88. The molecule has 2 aliphatic carbocycles. The van der Waals surface area contributed by atoms with E-state index >= 15 is 0 Å². The van der Waals surface area contributed by atoms with E-state index in [1.54, 1.807) is 0 Å². The third-order valence-electron chi connectivity index (χ3n) is 6.67. The van der Waals surface area contributed by atoms with Crippen molar-refractivity contribution in [3.63, 3.8) is 0 Å². The monoisotopic (exact) mass is 402 g/mol. The SMILES string of the molecule is Cc1ncc(C)n2nc(C3CC3c3nc4c5c(ccn4c3C)=C(F)C(C)CC=5)nc12. The number of rotatable bonds is 2. The number of pyridine rings is 1. The van der Waals surface area contributed by atoms with E-state index in [2.05, 4.69) is 22.4 Å². The summed E-state index contributed by atoms with van der Waals surface area (Å²) in [5.74, 6) is 1.32. The lowest BCUT2D eigenvalue weighted by Crippen LogP contribution is -2.33. The molecule has 0 saturated heterocycles. The van der Waals surface area contributed by atoms with Gasteiger partial charge in [0.1, 0.15) is 11.5 Å². The van der Waals surface area contributed by atoms with Crippen LogP contribution in [0.1, 0.15) is 60.2 Å². The van der Waals surface area contributed by atoms with Gasteiger partial charge in [-0.2, -0.15) is 5.10 Å². The third kappa shape index (κ3) is 2.35. The summed E-state index contributed by atoms with van der Waals surface area (Å²) < 4.78 is 18.6. The Kier molecular flexibility index (Phi) is 3.53. The minimum Gasteiger partial charge on any atom is -0.304 e. The lowest BCUT2D eigenvalue weighted by atomic mass is 9.98. The van der Waals surface area contributed by atoms with Gasteiger partial charge in [-0.25, -0.2) is 18.9 Å². The van der Waals surface area contributed by atoms with Crippen LogP contribution in [0.25, 0.3) is 23.2 Å². The molecule has 152 valence electrons. The smallest absolute Gasteiger partial charge is 0.177 e. The first-order valence-corrected chi connectivity index (χ1v) is 10.5. The molecule has 4 heterocycles. The van der Waals surface area contributed by atoms with Crippen molar-refractivity contribution < 1.29 is 4.39 Å². The Morgan fingerprint density at radius 1 is 1.10 bits per heavy atom. The molecule has 6 rings (SSSR count). The van der Waals surface area contributed by atoms with Crippen molar-refractivity contribution in [3.05, 3.63) is 57.5 Å². The molecule has 3 unspecified atom stereocenters. The van der Waals surface area contributed by atoms with Crippen LogP contribution in [0.4, 0.5) is 4.39 Å². The van der Waals surface area contributed by atoms with Gasteiger partial charge in [-0.15, -0.1) is 0 Å². The molecule has 1 saturated carbocycles. The van der Waals surface area contributed by atoms with Gasteiger partial charge in [-0.05, 0) is 39.7 Å². The van der Waals surface area contributed by atoms with Crippen LogP contribution in [-0.2, 0) is 0 Å². The van der Waals surface area contributed by atoms with Crippen LogP contribution >= 0.6 is 0 Å². The fourth-order valence-corrected chi connectivity index (χ4v) is 4.74. The summed E-state index contributed by atoms with van der Waals surface area (Å²) in [6.07, 6.45) is 7.60. The van der Waals surface area contributed by atoms with Crippen LogP contribution in [0.15, 0.2) is 18.5 Å². The molecule has 2 aliphatic rings. The summed E-state index contributed by atoms with van der Waals surface area (Å²) in [7, 11) is 0. The first-order chi connectivity index (χ1) is 14.4. The average molecular weight is 402 g/mol. The van der Waals surface area contributed by atoms with Gasteiger partial charge in [0.05, 0.1) is 17.1 Å².